The number of rotatable bonds is 1. The first-order valence-electron chi connectivity index (χ1n) is 4.49. The van der Waals surface area contributed by atoms with Gasteiger partial charge in [0.05, 0.1) is 16.0 Å². The van der Waals surface area contributed by atoms with Crippen molar-refractivity contribution in [2.75, 3.05) is 0 Å². The SMILES string of the molecule is O=[N+]([O-])c1ccc2cc(C(F)(F)F)cnc2c1. The van der Waals surface area contributed by atoms with Gasteiger partial charge >= 0.3 is 6.18 Å². The molecule has 1 aromatic heterocycles. The maximum atomic E-state index is 12.4. The molecule has 1 heterocycles. The molecule has 0 fully saturated rings. The Morgan fingerprint density at radius 1 is 1.24 bits per heavy atom. The summed E-state index contributed by atoms with van der Waals surface area (Å²) >= 11 is 0. The number of halogens is 3. The Balaban J connectivity index is 2.58. The number of alkyl halides is 3. The Kier molecular flexibility index (Phi) is 2.45. The van der Waals surface area contributed by atoms with Crippen LogP contribution in [-0.4, -0.2) is 9.91 Å². The summed E-state index contributed by atoms with van der Waals surface area (Å²) in [6, 6.07) is 4.43. The molecule has 0 aliphatic carbocycles. The lowest BCUT2D eigenvalue weighted by molar-refractivity contribution is -0.384. The lowest BCUT2D eigenvalue weighted by Gasteiger charge is -2.06. The number of hydrogen-bond donors (Lipinski definition) is 0. The van der Waals surface area contributed by atoms with E-state index < -0.39 is 16.7 Å². The second kappa shape index (κ2) is 3.69. The zero-order valence-corrected chi connectivity index (χ0v) is 8.23. The number of nitro benzene ring substituents is 1. The topological polar surface area (TPSA) is 56.0 Å². The number of hydrogen-bond acceptors (Lipinski definition) is 3. The highest BCUT2D eigenvalue weighted by atomic mass is 19.4. The van der Waals surface area contributed by atoms with Crippen molar-refractivity contribution in [1.82, 2.24) is 4.98 Å². The molecule has 0 aliphatic heterocycles. The largest absolute Gasteiger partial charge is 0.417 e. The van der Waals surface area contributed by atoms with Crippen molar-refractivity contribution < 1.29 is 18.1 Å². The number of fused-ring (bicyclic) bond motifs is 1. The van der Waals surface area contributed by atoms with Gasteiger partial charge in [0, 0.05) is 23.7 Å². The molecule has 0 N–H and O–H groups in total. The molecule has 0 unspecified atom stereocenters. The number of nitrogens with zero attached hydrogens (tertiary/aromatic N) is 2. The highest BCUT2D eigenvalue weighted by molar-refractivity contribution is 5.81. The molecular weight excluding hydrogens is 237 g/mol. The molecule has 88 valence electrons. The minimum atomic E-state index is -4.47. The van der Waals surface area contributed by atoms with Gasteiger partial charge in [-0.05, 0) is 12.1 Å². The quantitative estimate of drug-likeness (QED) is 0.570. The Hall–Kier alpha value is -2.18. The summed E-state index contributed by atoms with van der Waals surface area (Å²) in [6.45, 7) is 0. The molecule has 0 radical (unpaired) electrons. The fourth-order valence-corrected chi connectivity index (χ4v) is 1.38. The van der Waals surface area contributed by atoms with E-state index in [-0.39, 0.29) is 16.6 Å². The zero-order valence-electron chi connectivity index (χ0n) is 8.23. The number of benzene rings is 1. The molecule has 4 nitrogen and oxygen atoms in total. The predicted octanol–water partition coefficient (Wildman–Crippen LogP) is 3.16. The lowest BCUT2D eigenvalue weighted by atomic mass is 10.1. The van der Waals surface area contributed by atoms with Crippen LogP contribution in [0.25, 0.3) is 10.9 Å². The van der Waals surface area contributed by atoms with Crippen LogP contribution in [0, 0.1) is 10.1 Å². The average molecular weight is 242 g/mol. The fraction of sp³-hybridized carbons (Fsp3) is 0.100. The highest BCUT2D eigenvalue weighted by Crippen LogP contribution is 2.31. The van der Waals surface area contributed by atoms with Crippen LogP contribution in [0.1, 0.15) is 5.56 Å². The number of aromatic nitrogens is 1. The van der Waals surface area contributed by atoms with E-state index in [0.717, 1.165) is 18.2 Å². The van der Waals surface area contributed by atoms with E-state index in [1.807, 2.05) is 0 Å². The molecule has 0 spiro atoms. The van der Waals surface area contributed by atoms with E-state index in [1.54, 1.807) is 0 Å². The second-order valence-electron chi connectivity index (χ2n) is 3.36. The minimum Gasteiger partial charge on any atom is -0.258 e. The minimum absolute atomic E-state index is 0.159. The van der Waals surface area contributed by atoms with Crippen LogP contribution in [0.4, 0.5) is 18.9 Å². The summed E-state index contributed by atoms with van der Waals surface area (Å²) in [6.07, 6.45) is -3.81. The van der Waals surface area contributed by atoms with Gasteiger partial charge in [0.1, 0.15) is 0 Å². The molecule has 1 aromatic carbocycles. The zero-order chi connectivity index (χ0) is 12.6. The molecule has 0 aliphatic rings. The van der Waals surface area contributed by atoms with Crippen molar-refractivity contribution in [3.63, 3.8) is 0 Å². The van der Waals surface area contributed by atoms with Gasteiger partial charge in [-0.15, -0.1) is 0 Å². The summed E-state index contributed by atoms with van der Waals surface area (Å²) in [5.74, 6) is 0. The Morgan fingerprint density at radius 2 is 1.94 bits per heavy atom. The summed E-state index contributed by atoms with van der Waals surface area (Å²) in [5, 5.41) is 10.7. The molecular formula is C10H5F3N2O2. The molecule has 0 amide bonds. The van der Waals surface area contributed by atoms with Gasteiger partial charge < -0.3 is 0 Å². The van der Waals surface area contributed by atoms with Crippen molar-refractivity contribution in [1.29, 1.82) is 0 Å². The van der Waals surface area contributed by atoms with E-state index in [1.165, 1.54) is 6.07 Å². The third-order valence-corrected chi connectivity index (χ3v) is 2.21. The highest BCUT2D eigenvalue weighted by Gasteiger charge is 2.31. The van der Waals surface area contributed by atoms with Crippen LogP contribution in [0.3, 0.4) is 0 Å². The van der Waals surface area contributed by atoms with E-state index in [0.29, 0.717) is 6.20 Å². The van der Waals surface area contributed by atoms with Gasteiger partial charge in [-0.1, -0.05) is 0 Å². The molecule has 0 saturated heterocycles. The van der Waals surface area contributed by atoms with Gasteiger partial charge in [-0.2, -0.15) is 13.2 Å². The molecule has 2 rings (SSSR count). The normalized spacial score (nSPS) is 11.7. The Bertz CT molecular complexity index is 596. The fourth-order valence-electron chi connectivity index (χ4n) is 1.38. The molecule has 0 atom stereocenters. The van der Waals surface area contributed by atoms with E-state index in [9.17, 15) is 23.3 Å². The Labute approximate surface area is 92.8 Å². The van der Waals surface area contributed by atoms with Crippen LogP contribution >= 0.6 is 0 Å². The number of nitro groups is 1. The second-order valence-corrected chi connectivity index (χ2v) is 3.36. The molecule has 17 heavy (non-hydrogen) atoms. The van der Waals surface area contributed by atoms with Gasteiger partial charge in [0.2, 0.25) is 0 Å². The summed E-state index contributed by atoms with van der Waals surface area (Å²) in [7, 11) is 0. The maximum Gasteiger partial charge on any atom is 0.417 e. The third kappa shape index (κ3) is 2.17. The molecule has 0 bridgehead atoms. The number of non-ortho nitro benzene ring substituents is 1. The molecule has 7 heteroatoms. The summed E-state index contributed by atoms with van der Waals surface area (Å²) < 4.78 is 37.1. The van der Waals surface area contributed by atoms with Gasteiger partial charge in [0.25, 0.3) is 5.69 Å². The van der Waals surface area contributed by atoms with Crippen molar-refractivity contribution in [2.45, 2.75) is 6.18 Å². The van der Waals surface area contributed by atoms with Crippen LogP contribution < -0.4 is 0 Å². The monoisotopic (exact) mass is 242 g/mol. The van der Waals surface area contributed by atoms with Crippen molar-refractivity contribution in [3.05, 3.63) is 46.1 Å². The average Bonchev–Trinajstić information content (AvgIpc) is 2.26. The maximum absolute atomic E-state index is 12.4. The van der Waals surface area contributed by atoms with Crippen molar-refractivity contribution in [3.8, 4) is 0 Å². The standard InChI is InChI=1S/C10H5F3N2O2/c11-10(12,13)7-3-6-1-2-8(15(16)17)4-9(6)14-5-7/h1-5H. The van der Waals surface area contributed by atoms with Crippen LogP contribution in [0.15, 0.2) is 30.5 Å². The van der Waals surface area contributed by atoms with E-state index >= 15 is 0 Å². The Morgan fingerprint density at radius 3 is 2.53 bits per heavy atom. The van der Waals surface area contributed by atoms with Gasteiger partial charge in [0.15, 0.2) is 0 Å². The van der Waals surface area contributed by atoms with E-state index in [4.69, 9.17) is 0 Å². The van der Waals surface area contributed by atoms with E-state index in [2.05, 4.69) is 4.98 Å². The predicted molar refractivity (Wildman–Crippen MR) is 53.4 cm³/mol. The summed E-state index contributed by atoms with van der Waals surface area (Å²) in [4.78, 5) is 13.4. The van der Waals surface area contributed by atoms with Crippen LogP contribution in [-0.2, 0) is 6.18 Å². The van der Waals surface area contributed by atoms with Crippen LogP contribution in [0.5, 0.6) is 0 Å². The smallest absolute Gasteiger partial charge is 0.258 e. The molecule has 0 saturated carbocycles. The lowest BCUT2D eigenvalue weighted by Crippen LogP contribution is -2.05. The molecule has 2 aromatic rings. The first-order chi connectivity index (χ1) is 7.88. The van der Waals surface area contributed by atoms with Crippen molar-refractivity contribution in [2.24, 2.45) is 0 Å². The van der Waals surface area contributed by atoms with Crippen molar-refractivity contribution >= 4 is 16.6 Å². The van der Waals surface area contributed by atoms with Crippen LogP contribution in [0.2, 0.25) is 0 Å². The van der Waals surface area contributed by atoms with Gasteiger partial charge in [-0.3, -0.25) is 15.1 Å². The number of pyridine rings is 1. The third-order valence-electron chi connectivity index (χ3n) is 2.21. The first-order valence-corrected chi connectivity index (χ1v) is 4.49. The summed E-state index contributed by atoms with van der Waals surface area (Å²) in [5.41, 5.74) is -0.921. The van der Waals surface area contributed by atoms with Gasteiger partial charge in [-0.25, -0.2) is 0 Å². The first kappa shape index (κ1) is 11.3.